The summed E-state index contributed by atoms with van der Waals surface area (Å²) in [5.41, 5.74) is -1.05. The lowest BCUT2D eigenvalue weighted by Crippen LogP contribution is -2.59. The highest BCUT2D eigenvalue weighted by atomic mass is 16.4. The van der Waals surface area contributed by atoms with Crippen molar-refractivity contribution in [2.75, 3.05) is 33.2 Å². The van der Waals surface area contributed by atoms with Crippen LogP contribution in [0.3, 0.4) is 0 Å². The van der Waals surface area contributed by atoms with Gasteiger partial charge in [-0.2, -0.15) is 0 Å². The highest BCUT2D eigenvalue weighted by molar-refractivity contribution is 5.86. The number of carbonyl (C=O) groups excluding carboxylic acids is 1. The molecule has 6 heteroatoms. The van der Waals surface area contributed by atoms with Crippen molar-refractivity contribution in [3.8, 4) is 0 Å². The van der Waals surface area contributed by atoms with Crippen molar-refractivity contribution in [3.05, 3.63) is 0 Å². The molecule has 0 bridgehead atoms. The molecule has 114 valence electrons. The van der Waals surface area contributed by atoms with Crippen molar-refractivity contribution in [1.29, 1.82) is 0 Å². The average Bonchev–Trinajstić information content (AvgIpc) is 2.64. The first kappa shape index (κ1) is 15.1. The summed E-state index contributed by atoms with van der Waals surface area (Å²) in [4.78, 5) is 27.9. The van der Waals surface area contributed by atoms with Crippen LogP contribution < -0.4 is 5.32 Å². The predicted octanol–water partition coefficient (Wildman–Crippen LogP) is 1.12. The van der Waals surface area contributed by atoms with Gasteiger partial charge in [-0.3, -0.25) is 0 Å². The minimum absolute atomic E-state index is 0.218. The second-order valence-electron chi connectivity index (χ2n) is 6.02. The van der Waals surface area contributed by atoms with E-state index in [1.165, 1.54) is 0 Å². The SMILES string of the molecule is CN1CCCN(C(=O)NC2(C(=O)O)CCCCC2)CC1. The molecule has 0 aromatic heterocycles. The third-order valence-electron chi connectivity index (χ3n) is 4.47. The third-order valence-corrected chi connectivity index (χ3v) is 4.47. The Kier molecular flexibility index (Phi) is 4.86. The lowest BCUT2D eigenvalue weighted by atomic mass is 9.82. The number of hydrogen-bond donors (Lipinski definition) is 2. The average molecular weight is 283 g/mol. The van der Waals surface area contributed by atoms with Crippen LogP contribution in [-0.4, -0.2) is 65.7 Å². The van der Waals surface area contributed by atoms with Gasteiger partial charge in [0.15, 0.2) is 0 Å². The monoisotopic (exact) mass is 283 g/mol. The molecule has 0 aromatic carbocycles. The molecule has 1 aliphatic carbocycles. The van der Waals surface area contributed by atoms with Crippen molar-refractivity contribution in [1.82, 2.24) is 15.1 Å². The Morgan fingerprint density at radius 2 is 1.70 bits per heavy atom. The second kappa shape index (κ2) is 6.43. The van der Waals surface area contributed by atoms with E-state index in [0.29, 0.717) is 25.9 Å². The number of likely N-dealkylation sites (N-methyl/N-ethyl adjacent to an activating group) is 1. The van der Waals surface area contributed by atoms with Gasteiger partial charge in [0.05, 0.1) is 0 Å². The minimum atomic E-state index is -1.05. The maximum atomic E-state index is 12.4. The van der Waals surface area contributed by atoms with Gasteiger partial charge in [0.1, 0.15) is 5.54 Å². The number of carboxylic acid groups (broad SMARTS) is 1. The Labute approximate surface area is 120 Å². The Morgan fingerprint density at radius 1 is 1.00 bits per heavy atom. The van der Waals surface area contributed by atoms with Crippen molar-refractivity contribution in [3.63, 3.8) is 0 Å². The van der Waals surface area contributed by atoms with Crippen LogP contribution in [0, 0.1) is 0 Å². The molecule has 1 saturated heterocycles. The molecule has 20 heavy (non-hydrogen) atoms. The molecule has 1 aliphatic heterocycles. The number of nitrogens with one attached hydrogen (secondary N) is 1. The summed E-state index contributed by atoms with van der Waals surface area (Å²) in [6.45, 7) is 3.19. The highest BCUT2D eigenvalue weighted by Gasteiger charge is 2.41. The minimum Gasteiger partial charge on any atom is -0.480 e. The zero-order valence-electron chi connectivity index (χ0n) is 12.2. The number of aliphatic carboxylic acids is 1. The molecule has 6 nitrogen and oxygen atoms in total. The van der Waals surface area contributed by atoms with Crippen LogP contribution in [0.4, 0.5) is 4.79 Å². The van der Waals surface area contributed by atoms with Crippen LogP contribution in [0.15, 0.2) is 0 Å². The zero-order chi connectivity index (χ0) is 14.6. The molecule has 2 aliphatic rings. The van der Waals surface area contributed by atoms with Gasteiger partial charge < -0.3 is 20.2 Å². The fraction of sp³-hybridized carbons (Fsp3) is 0.857. The Morgan fingerprint density at radius 3 is 2.35 bits per heavy atom. The smallest absolute Gasteiger partial charge is 0.329 e. The summed E-state index contributed by atoms with van der Waals surface area (Å²) in [6.07, 6.45) is 4.82. The van der Waals surface area contributed by atoms with E-state index in [1.54, 1.807) is 4.90 Å². The van der Waals surface area contributed by atoms with Gasteiger partial charge >= 0.3 is 12.0 Å². The molecule has 0 unspecified atom stereocenters. The molecule has 0 atom stereocenters. The van der Waals surface area contributed by atoms with E-state index in [-0.39, 0.29) is 6.03 Å². The largest absolute Gasteiger partial charge is 0.480 e. The summed E-state index contributed by atoms with van der Waals surface area (Å²) in [5, 5.41) is 12.3. The first-order valence-electron chi connectivity index (χ1n) is 7.52. The van der Waals surface area contributed by atoms with E-state index < -0.39 is 11.5 Å². The number of nitrogens with zero attached hydrogens (tertiary/aromatic N) is 2. The molecule has 0 radical (unpaired) electrons. The summed E-state index contributed by atoms with van der Waals surface area (Å²) in [6, 6.07) is -0.218. The molecule has 2 rings (SSSR count). The summed E-state index contributed by atoms with van der Waals surface area (Å²) in [5.74, 6) is -0.891. The van der Waals surface area contributed by atoms with Gasteiger partial charge in [-0.1, -0.05) is 19.3 Å². The normalized spacial score (nSPS) is 23.9. The van der Waals surface area contributed by atoms with E-state index in [2.05, 4.69) is 10.2 Å². The van der Waals surface area contributed by atoms with Crippen LogP contribution in [-0.2, 0) is 4.79 Å². The van der Waals surface area contributed by atoms with Gasteiger partial charge in [-0.25, -0.2) is 9.59 Å². The summed E-state index contributed by atoms with van der Waals surface area (Å²) in [7, 11) is 2.04. The Bertz CT molecular complexity index is 367. The first-order chi connectivity index (χ1) is 9.53. The molecular weight excluding hydrogens is 258 g/mol. The lowest BCUT2D eigenvalue weighted by Gasteiger charge is -2.36. The van der Waals surface area contributed by atoms with Gasteiger partial charge in [-0.05, 0) is 32.9 Å². The van der Waals surface area contributed by atoms with Crippen molar-refractivity contribution in [2.45, 2.75) is 44.1 Å². The number of hydrogen-bond acceptors (Lipinski definition) is 3. The topological polar surface area (TPSA) is 72.9 Å². The van der Waals surface area contributed by atoms with Gasteiger partial charge in [0.25, 0.3) is 0 Å². The number of carbonyl (C=O) groups is 2. The van der Waals surface area contributed by atoms with E-state index in [0.717, 1.165) is 38.8 Å². The maximum absolute atomic E-state index is 12.4. The molecule has 1 heterocycles. The van der Waals surface area contributed by atoms with E-state index in [9.17, 15) is 14.7 Å². The quantitative estimate of drug-likeness (QED) is 0.796. The first-order valence-corrected chi connectivity index (χ1v) is 7.52. The van der Waals surface area contributed by atoms with E-state index in [1.807, 2.05) is 7.05 Å². The number of amides is 2. The van der Waals surface area contributed by atoms with Crippen molar-refractivity contribution >= 4 is 12.0 Å². The predicted molar refractivity (Wildman–Crippen MR) is 75.7 cm³/mol. The fourth-order valence-electron chi connectivity index (χ4n) is 3.08. The van der Waals surface area contributed by atoms with E-state index >= 15 is 0 Å². The molecule has 2 N–H and O–H groups in total. The Balaban J connectivity index is 1.99. The summed E-state index contributed by atoms with van der Waals surface area (Å²) >= 11 is 0. The van der Waals surface area contributed by atoms with Gasteiger partial charge in [0.2, 0.25) is 0 Å². The number of rotatable bonds is 2. The molecule has 2 fully saturated rings. The van der Waals surface area contributed by atoms with Crippen LogP contribution in [0.1, 0.15) is 38.5 Å². The van der Waals surface area contributed by atoms with E-state index in [4.69, 9.17) is 0 Å². The van der Waals surface area contributed by atoms with Gasteiger partial charge in [-0.15, -0.1) is 0 Å². The third kappa shape index (κ3) is 3.42. The number of urea groups is 1. The van der Waals surface area contributed by atoms with Crippen LogP contribution in [0.2, 0.25) is 0 Å². The Hall–Kier alpha value is -1.30. The van der Waals surface area contributed by atoms with Crippen molar-refractivity contribution < 1.29 is 14.7 Å². The highest BCUT2D eigenvalue weighted by Crippen LogP contribution is 2.28. The molecule has 2 amide bonds. The van der Waals surface area contributed by atoms with Crippen LogP contribution in [0.5, 0.6) is 0 Å². The summed E-state index contributed by atoms with van der Waals surface area (Å²) < 4.78 is 0. The molecule has 0 aromatic rings. The van der Waals surface area contributed by atoms with Crippen LogP contribution >= 0.6 is 0 Å². The van der Waals surface area contributed by atoms with Crippen molar-refractivity contribution in [2.24, 2.45) is 0 Å². The molecular formula is C14H25N3O3. The lowest BCUT2D eigenvalue weighted by molar-refractivity contribution is -0.146. The standard InChI is InChI=1S/C14H25N3O3/c1-16-8-5-9-17(11-10-16)13(20)15-14(12(18)19)6-3-2-4-7-14/h2-11H2,1H3,(H,15,20)(H,18,19). The molecule has 0 spiro atoms. The second-order valence-corrected chi connectivity index (χ2v) is 6.02. The number of carboxylic acids is 1. The molecule has 1 saturated carbocycles. The zero-order valence-corrected chi connectivity index (χ0v) is 12.2. The van der Waals surface area contributed by atoms with Crippen LogP contribution in [0.25, 0.3) is 0 Å². The fourth-order valence-corrected chi connectivity index (χ4v) is 3.08. The van der Waals surface area contributed by atoms with Gasteiger partial charge in [0, 0.05) is 19.6 Å². The maximum Gasteiger partial charge on any atom is 0.329 e.